The molecule has 96 valence electrons. The van der Waals surface area contributed by atoms with E-state index in [1.807, 2.05) is 0 Å². The van der Waals surface area contributed by atoms with Gasteiger partial charge in [0.05, 0.1) is 21.3 Å². The largest absolute Gasteiger partial charge is 0.406 e. The van der Waals surface area contributed by atoms with Gasteiger partial charge in [0.2, 0.25) is 0 Å². The fourth-order valence-electron chi connectivity index (χ4n) is 1.68. The van der Waals surface area contributed by atoms with Crippen molar-refractivity contribution in [3.05, 3.63) is 27.7 Å². The molecule has 0 aliphatic carbocycles. The highest BCUT2D eigenvalue weighted by Gasteiger charge is 2.44. The average molecular weight is 298 g/mol. The second kappa shape index (κ2) is 4.13. The Bertz CT molecular complexity index is 557. The van der Waals surface area contributed by atoms with Crippen molar-refractivity contribution < 1.29 is 22.8 Å². The number of anilines is 1. The molecule has 0 unspecified atom stereocenters. The van der Waals surface area contributed by atoms with E-state index >= 15 is 0 Å². The third-order valence-electron chi connectivity index (χ3n) is 2.35. The molecule has 0 saturated heterocycles. The summed E-state index contributed by atoms with van der Waals surface area (Å²) in [5.41, 5.74) is -0.560. The van der Waals surface area contributed by atoms with Crippen LogP contribution in [-0.4, -0.2) is 24.4 Å². The topological polar surface area (TPSA) is 37.4 Å². The molecule has 0 spiro atoms. The molecule has 3 nitrogen and oxygen atoms in total. The van der Waals surface area contributed by atoms with E-state index in [0.717, 1.165) is 0 Å². The molecular weight excluding hydrogens is 294 g/mol. The Morgan fingerprint density at radius 3 is 2.22 bits per heavy atom. The molecular formula is C10H4Cl2F3NO2. The summed E-state index contributed by atoms with van der Waals surface area (Å²) in [5, 5.41) is -0.227. The number of nitrogens with zero attached hydrogens (tertiary/aromatic N) is 1. The van der Waals surface area contributed by atoms with Gasteiger partial charge >= 0.3 is 6.18 Å². The zero-order valence-corrected chi connectivity index (χ0v) is 10.0. The summed E-state index contributed by atoms with van der Waals surface area (Å²) >= 11 is 11.4. The third kappa shape index (κ3) is 2.06. The van der Waals surface area contributed by atoms with Crippen LogP contribution in [0.2, 0.25) is 10.0 Å². The van der Waals surface area contributed by atoms with Crippen LogP contribution in [0.1, 0.15) is 10.4 Å². The van der Waals surface area contributed by atoms with E-state index in [2.05, 4.69) is 0 Å². The van der Waals surface area contributed by atoms with Crippen LogP contribution in [0.3, 0.4) is 0 Å². The van der Waals surface area contributed by atoms with Crippen LogP contribution in [0.25, 0.3) is 0 Å². The van der Waals surface area contributed by atoms with Gasteiger partial charge in [-0.1, -0.05) is 23.2 Å². The van der Waals surface area contributed by atoms with Crippen molar-refractivity contribution in [1.29, 1.82) is 0 Å². The van der Waals surface area contributed by atoms with E-state index < -0.39 is 24.4 Å². The maximum Gasteiger partial charge on any atom is 0.406 e. The molecule has 0 atom stereocenters. The highest BCUT2D eigenvalue weighted by Crippen LogP contribution is 2.41. The molecule has 18 heavy (non-hydrogen) atoms. The van der Waals surface area contributed by atoms with Gasteiger partial charge in [0.25, 0.3) is 11.7 Å². The summed E-state index contributed by atoms with van der Waals surface area (Å²) in [6.45, 7) is -1.58. The first-order valence-corrected chi connectivity index (χ1v) is 5.39. The molecule has 1 amide bonds. The summed E-state index contributed by atoms with van der Waals surface area (Å²) in [6.07, 6.45) is -4.64. The lowest BCUT2D eigenvalue weighted by molar-refractivity contribution is -0.129. The Morgan fingerprint density at radius 1 is 1.11 bits per heavy atom. The van der Waals surface area contributed by atoms with E-state index in [4.69, 9.17) is 23.2 Å². The first kappa shape index (κ1) is 13.2. The lowest BCUT2D eigenvalue weighted by Crippen LogP contribution is -2.38. The summed E-state index contributed by atoms with van der Waals surface area (Å²) in [6, 6.07) is 2.49. The maximum atomic E-state index is 12.4. The van der Waals surface area contributed by atoms with E-state index in [9.17, 15) is 22.8 Å². The van der Waals surface area contributed by atoms with Crippen LogP contribution in [0.4, 0.5) is 18.9 Å². The van der Waals surface area contributed by atoms with E-state index in [1.54, 1.807) is 0 Å². The second-order valence-corrected chi connectivity index (χ2v) is 4.40. The molecule has 0 saturated carbocycles. The van der Waals surface area contributed by atoms with Gasteiger partial charge in [-0.25, -0.2) is 0 Å². The Labute approximate surface area is 109 Å². The fraction of sp³-hybridized carbons (Fsp3) is 0.200. The van der Waals surface area contributed by atoms with Gasteiger partial charge in [0.15, 0.2) is 0 Å². The number of carbonyl (C=O) groups is 2. The molecule has 1 aliphatic rings. The fourth-order valence-corrected chi connectivity index (χ4v) is 2.18. The van der Waals surface area contributed by atoms with Crippen LogP contribution in [-0.2, 0) is 4.79 Å². The highest BCUT2D eigenvalue weighted by atomic mass is 35.5. The lowest BCUT2D eigenvalue weighted by Gasteiger charge is -2.19. The summed E-state index contributed by atoms with van der Waals surface area (Å²) < 4.78 is 37.1. The van der Waals surface area contributed by atoms with Crippen LogP contribution in [0.5, 0.6) is 0 Å². The molecule has 0 aromatic heterocycles. The Balaban J connectivity index is 2.58. The van der Waals surface area contributed by atoms with E-state index in [1.165, 1.54) is 12.1 Å². The highest BCUT2D eigenvalue weighted by molar-refractivity contribution is 6.57. The number of alkyl halides is 3. The first-order chi connectivity index (χ1) is 8.22. The van der Waals surface area contributed by atoms with Gasteiger partial charge in [-0.05, 0) is 12.1 Å². The van der Waals surface area contributed by atoms with Crippen molar-refractivity contribution in [3.63, 3.8) is 0 Å². The predicted octanol–water partition coefficient (Wildman–Crippen LogP) is 3.09. The smallest absolute Gasteiger partial charge is 0.294 e. The van der Waals surface area contributed by atoms with Crippen molar-refractivity contribution in [3.8, 4) is 0 Å². The molecule has 2 rings (SSSR count). The van der Waals surface area contributed by atoms with Gasteiger partial charge in [-0.2, -0.15) is 13.2 Å². The standard InChI is InChI=1S/C10H4Cl2F3NO2/c11-4-1-2-5(12)7-6(4)8(17)9(18)16(7)3-10(13,14)15/h1-2H,3H2. The van der Waals surface area contributed by atoms with Gasteiger partial charge in [0, 0.05) is 0 Å². The number of halogens is 5. The van der Waals surface area contributed by atoms with Gasteiger partial charge < -0.3 is 0 Å². The predicted molar refractivity (Wildman–Crippen MR) is 59.2 cm³/mol. The summed E-state index contributed by atoms with van der Waals surface area (Å²) in [5.74, 6) is -2.36. The maximum absolute atomic E-state index is 12.4. The zero-order valence-electron chi connectivity index (χ0n) is 8.52. The van der Waals surface area contributed by atoms with Gasteiger partial charge in [0.1, 0.15) is 6.54 Å². The van der Waals surface area contributed by atoms with Crippen LogP contribution < -0.4 is 4.90 Å². The van der Waals surface area contributed by atoms with Crippen molar-refractivity contribution in [2.24, 2.45) is 0 Å². The number of ketones is 1. The monoisotopic (exact) mass is 297 g/mol. The molecule has 0 fully saturated rings. The Hall–Kier alpha value is -1.27. The average Bonchev–Trinajstić information content (AvgIpc) is 2.48. The Morgan fingerprint density at radius 2 is 1.67 bits per heavy atom. The summed E-state index contributed by atoms with van der Waals surface area (Å²) in [4.78, 5) is 23.4. The van der Waals surface area contributed by atoms with Crippen molar-refractivity contribution in [1.82, 2.24) is 0 Å². The number of fused-ring (bicyclic) bond motifs is 1. The lowest BCUT2D eigenvalue weighted by atomic mass is 10.1. The molecule has 1 heterocycles. The minimum absolute atomic E-state index is 0.0996. The zero-order chi connectivity index (χ0) is 13.7. The number of hydrogen-bond donors (Lipinski definition) is 0. The second-order valence-electron chi connectivity index (χ2n) is 3.59. The van der Waals surface area contributed by atoms with E-state index in [0.29, 0.717) is 4.90 Å². The third-order valence-corrected chi connectivity index (χ3v) is 2.97. The van der Waals surface area contributed by atoms with Crippen LogP contribution in [0, 0.1) is 0 Å². The minimum Gasteiger partial charge on any atom is -0.294 e. The Kier molecular flexibility index (Phi) is 3.03. The van der Waals surface area contributed by atoms with Crippen molar-refractivity contribution in [2.45, 2.75) is 6.18 Å². The summed E-state index contributed by atoms with van der Waals surface area (Å²) in [7, 11) is 0. The normalized spacial score (nSPS) is 15.3. The number of Topliss-reactive ketones (excluding diaryl/α,β-unsaturated/α-hetero) is 1. The van der Waals surface area contributed by atoms with Crippen molar-refractivity contribution >= 4 is 40.6 Å². The number of amides is 1. The van der Waals surface area contributed by atoms with Gasteiger partial charge in [-0.3, -0.25) is 14.5 Å². The molecule has 1 aliphatic heterocycles. The van der Waals surface area contributed by atoms with E-state index in [-0.39, 0.29) is 21.3 Å². The molecule has 0 bridgehead atoms. The van der Waals surface area contributed by atoms with Crippen LogP contribution in [0.15, 0.2) is 12.1 Å². The van der Waals surface area contributed by atoms with Crippen molar-refractivity contribution in [2.75, 3.05) is 11.4 Å². The molecule has 8 heteroatoms. The number of rotatable bonds is 1. The molecule has 0 radical (unpaired) electrons. The molecule has 1 aromatic carbocycles. The minimum atomic E-state index is -4.64. The molecule has 1 aromatic rings. The van der Waals surface area contributed by atoms with Gasteiger partial charge in [-0.15, -0.1) is 0 Å². The number of hydrogen-bond acceptors (Lipinski definition) is 2. The first-order valence-electron chi connectivity index (χ1n) is 4.63. The van der Waals surface area contributed by atoms with Crippen LogP contribution >= 0.6 is 23.2 Å². The quantitative estimate of drug-likeness (QED) is 0.747. The number of carbonyl (C=O) groups excluding carboxylic acids is 2. The molecule has 0 N–H and O–H groups in total. The SMILES string of the molecule is O=C1C(=O)N(CC(F)(F)F)c2c(Cl)ccc(Cl)c21. The number of benzene rings is 1.